The number of nitrogens with one attached hydrogen (secondary N) is 1. The van der Waals surface area contributed by atoms with Gasteiger partial charge in [0, 0.05) is 24.2 Å². The molecule has 0 radical (unpaired) electrons. The Balaban J connectivity index is 2.08. The molecule has 0 aromatic carbocycles. The van der Waals surface area contributed by atoms with Gasteiger partial charge in [-0.1, -0.05) is 0 Å². The van der Waals surface area contributed by atoms with Gasteiger partial charge in [0.1, 0.15) is 11.4 Å². The Morgan fingerprint density at radius 2 is 2.16 bits per heavy atom. The van der Waals surface area contributed by atoms with Crippen LogP contribution in [-0.2, 0) is 0 Å². The van der Waals surface area contributed by atoms with E-state index in [1.54, 1.807) is 35.9 Å². The zero-order chi connectivity index (χ0) is 13.2. The first-order chi connectivity index (χ1) is 9.28. The number of fused-ring (bicyclic) bond motifs is 1. The molecular formula is C14H17N3O2. The van der Waals surface area contributed by atoms with Gasteiger partial charge in [0.25, 0.3) is 5.56 Å². The largest absolute Gasteiger partial charge is 0.497 e. The van der Waals surface area contributed by atoms with Crippen molar-refractivity contribution in [2.75, 3.05) is 20.2 Å². The average Bonchev–Trinajstić information content (AvgIpc) is 2.47. The maximum Gasteiger partial charge on any atom is 0.258 e. The van der Waals surface area contributed by atoms with Gasteiger partial charge in [-0.05, 0) is 32.0 Å². The second-order valence-electron chi connectivity index (χ2n) is 4.84. The first-order valence-corrected chi connectivity index (χ1v) is 6.56. The second kappa shape index (κ2) is 5.01. The minimum absolute atomic E-state index is 0.0267. The van der Waals surface area contributed by atoms with Crippen LogP contribution in [0.25, 0.3) is 5.65 Å². The summed E-state index contributed by atoms with van der Waals surface area (Å²) in [7, 11) is 1.61. The van der Waals surface area contributed by atoms with E-state index >= 15 is 0 Å². The lowest BCUT2D eigenvalue weighted by Gasteiger charge is -2.22. The highest BCUT2D eigenvalue weighted by molar-refractivity contribution is 5.44. The summed E-state index contributed by atoms with van der Waals surface area (Å²) >= 11 is 0. The molecule has 1 aliphatic rings. The molecule has 100 valence electrons. The molecule has 2 aromatic rings. The van der Waals surface area contributed by atoms with Crippen molar-refractivity contribution >= 4 is 5.65 Å². The van der Waals surface area contributed by atoms with Crippen molar-refractivity contribution in [2.24, 2.45) is 0 Å². The number of hydrogen-bond donors (Lipinski definition) is 1. The molecule has 5 heteroatoms. The zero-order valence-corrected chi connectivity index (χ0v) is 10.9. The molecule has 3 rings (SSSR count). The summed E-state index contributed by atoms with van der Waals surface area (Å²) in [4.78, 5) is 16.7. The number of rotatable bonds is 2. The van der Waals surface area contributed by atoms with Crippen molar-refractivity contribution < 1.29 is 4.74 Å². The van der Waals surface area contributed by atoms with Crippen molar-refractivity contribution in [1.29, 1.82) is 0 Å². The zero-order valence-electron chi connectivity index (χ0n) is 10.9. The monoisotopic (exact) mass is 259 g/mol. The van der Waals surface area contributed by atoms with Crippen LogP contribution < -0.4 is 15.6 Å². The fourth-order valence-corrected chi connectivity index (χ4v) is 2.56. The molecule has 0 aliphatic carbocycles. The van der Waals surface area contributed by atoms with Gasteiger partial charge in [-0.25, -0.2) is 4.98 Å². The lowest BCUT2D eigenvalue weighted by Crippen LogP contribution is -2.28. The van der Waals surface area contributed by atoms with E-state index in [0.29, 0.717) is 11.6 Å². The fraction of sp³-hybridized carbons (Fsp3) is 0.429. The summed E-state index contributed by atoms with van der Waals surface area (Å²) in [6.45, 7) is 1.98. The van der Waals surface area contributed by atoms with Crippen LogP contribution in [-0.4, -0.2) is 29.6 Å². The minimum atomic E-state index is -0.0267. The number of hydrogen-bond acceptors (Lipinski definition) is 4. The normalized spacial score (nSPS) is 16.7. The van der Waals surface area contributed by atoms with Crippen LogP contribution in [0, 0.1) is 0 Å². The lowest BCUT2D eigenvalue weighted by atomic mass is 9.94. The number of methoxy groups -OCH3 is 1. The van der Waals surface area contributed by atoms with Crippen LogP contribution in [0.2, 0.25) is 0 Å². The molecule has 0 saturated carbocycles. The topological polar surface area (TPSA) is 55.6 Å². The number of nitrogens with zero attached hydrogens (tertiary/aromatic N) is 2. The molecule has 19 heavy (non-hydrogen) atoms. The Kier molecular flexibility index (Phi) is 3.21. The number of ether oxygens (including phenoxy) is 1. The van der Waals surface area contributed by atoms with E-state index in [-0.39, 0.29) is 5.56 Å². The summed E-state index contributed by atoms with van der Waals surface area (Å²) in [6.07, 6.45) is 3.77. The van der Waals surface area contributed by atoms with Crippen molar-refractivity contribution in [1.82, 2.24) is 14.7 Å². The number of piperidine rings is 1. The highest BCUT2D eigenvalue weighted by atomic mass is 16.5. The Morgan fingerprint density at radius 1 is 1.37 bits per heavy atom. The highest BCUT2D eigenvalue weighted by Crippen LogP contribution is 2.23. The van der Waals surface area contributed by atoms with Gasteiger partial charge in [0.2, 0.25) is 0 Å². The maximum absolute atomic E-state index is 12.1. The fourth-order valence-electron chi connectivity index (χ4n) is 2.56. The Morgan fingerprint density at radius 3 is 2.89 bits per heavy atom. The van der Waals surface area contributed by atoms with Crippen LogP contribution in [0.1, 0.15) is 24.5 Å². The highest BCUT2D eigenvalue weighted by Gasteiger charge is 2.17. The number of pyridine rings is 1. The van der Waals surface area contributed by atoms with Crippen molar-refractivity contribution in [3.63, 3.8) is 0 Å². The molecule has 1 N–H and O–H groups in total. The molecule has 3 heterocycles. The van der Waals surface area contributed by atoms with E-state index < -0.39 is 0 Å². The Bertz CT molecular complexity index is 645. The van der Waals surface area contributed by atoms with E-state index in [4.69, 9.17) is 4.74 Å². The molecule has 1 saturated heterocycles. The van der Waals surface area contributed by atoms with Crippen LogP contribution in [0.5, 0.6) is 5.75 Å². The third-order valence-corrected chi connectivity index (χ3v) is 3.65. The van der Waals surface area contributed by atoms with Crippen molar-refractivity contribution in [2.45, 2.75) is 18.8 Å². The van der Waals surface area contributed by atoms with Gasteiger partial charge >= 0.3 is 0 Å². The number of aromatic nitrogens is 2. The quantitative estimate of drug-likeness (QED) is 0.879. The molecule has 0 atom stereocenters. The Hall–Kier alpha value is -1.88. The summed E-state index contributed by atoms with van der Waals surface area (Å²) < 4.78 is 6.73. The van der Waals surface area contributed by atoms with E-state index in [2.05, 4.69) is 10.3 Å². The molecule has 1 fully saturated rings. The first kappa shape index (κ1) is 12.2. The van der Waals surface area contributed by atoms with E-state index in [0.717, 1.165) is 37.4 Å². The molecule has 0 unspecified atom stereocenters. The van der Waals surface area contributed by atoms with Crippen LogP contribution >= 0.6 is 0 Å². The van der Waals surface area contributed by atoms with E-state index in [1.807, 2.05) is 0 Å². The molecule has 2 aromatic heterocycles. The van der Waals surface area contributed by atoms with Gasteiger partial charge in [-0.3, -0.25) is 9.20 Å². The summed E-state index contributed by atoms with van der Waals surface area (Å²) in [5.74, 6) is 1.10. The van der Waals surface area contributed by atoms with Crippen LogP contribution in [0.15, 0.2) is 29.2 Å². The molecular weight excluding hydrogens is 242 g/mol. The lowest BCUT2D eigenvalue weighted by molar-refractivity contribution is 0.414. The smallest absolute Gasteiger partial charge is 0.258 e. The van der Waals surface area contributed by atoms with Crippen molar-refractivity contribution in [3.8, 4) is 5.75 Å². The third-order valence-electron chi connectivity index (χ3n) is 3.65. The molecule has 0 amide bonds. The van der Waals surface area contributed by atoms with Crippen molar-refractivity contribution in [3.05, 3.63) is 40.4 Å². The predicted molar refractivity (Wildman–Crippen MR) is 72.9 cm³/mol. The van der Waals surface area contributed by atoms with E-state index in [1.165, 1.54) is 0 Å². The predicted octanol–water partition coefficient (Wildman–Crippen LogP) is 1.17. The molecule has 0 spiro atoms. The average molecular weight is 259 g/mol. The summed E-state index contributed by atoms with van der Waals surface area (Å²) in [5.41, 5.74) is 1.53. The van der Waals surface area contributed by atoms with Gasteiger partial charge < -0.3 is 10.1 Å². The van der Waals surface area contributed by atoms with Crippen LogP contribution in [0.3, 0.4) is 0 Å². The first-order valence-electron chi connectivity index (χ1n) is 6.56. The standard InChI is InChI=1S/C14H17N3O2/c1-19-11-4-7-17-13(8-11)16-12(9-14(17)18)10-2-5-15-6-3-10/h4,7-10,15H,2-3,5-6H2,1H3. The minimum Gasteiger partial charge on any atom is -0.497 e. The maximum atomic E-state index is 12.1. The summed E-state index contributed by atoms with van der Waals surface area (Å²) in [5, 5.41) is 3.32. The van der Waals surface area contributed by atoms with Gasteiger partial charge in [0.05, 0.1) is 12.8 Å². The van der Waals surface area contributed by atoms with Gasteiger partial charge in [-0.2, -0.15) is 0 Å². The molecule has 1 aliphatic heterocycles. The SMILES string of the molecule is COc1ccn2c(=O)cc(C3CCNCC3)nc2c1. The second-order valence-corrected chi connectivity index (χ2v) is 4.84. The van der Waals surface area contributed by atoms with Gasteiger partial charge in [-0.15, -0.1) is 0 Å². The third kappa shape index (κ3) is 2.33. The Labute approximate surface area is 111 Å². The van der Waals surface area contributed by atoms with Gasteiger partial charge in [0.15, 0.2) is 0 Å². The van der Waals surface area contributed by atoms with E-state index in [9.17, 15) is 4.79 Å². The molecule has 0 bridgehead atoms. The van der Waals surface area contributed by atoms with Crippen LogP contribution in [0.4, 0.5) is 0 Å². The molecule has 5 nitrogen and oxygen atoms in total. The summed E-state index contributed by atoms with van der Waals surface area (Å²) in [6, 6.07) is 5.22.